The molecule has 38 heavy (non-hydrogen) atoms. The molecule has 0 atom stereocenters. The topological polar surface area (TPSA) is 77.5 Å². The molecular formula is C31H27NO6. The molecule has 0 aliphatic rings. The van der Waals surface area contributed by atoms with E-state index in [4.69, 9.17) is 18.9 Å². The first kappa shape index (κ1) is 24.8. The molecule has 1 N–H and O–H groups in total. The number of rotatable bonds is 8. The van der Waals surface area contributed by atoms with Crippen molar-refractivity contribution in [2.75, 3.05) is 33.3 Å². The van der Waals surface area contributed by atoms with Gasteiger partial charge in [-0.05, 0) is 59.3 Å². The lowest BCUT2D eigenvalue weighted by atomic mass is 10.0. The number of carboxylic acids is 1. The third kappa shape index (κ3) is 4.28. The third-order valence-electron chi connectivity index (χ3n) is 6.54. The second-order valence-electron chi connectivity index (χ2n) is 8.60. The summed E-state index contributed by atoms with van der Waals surface area (Å²) in [6, 6.07) is 26.4. The lowest BCUT2D eigenvalue weighted by Crippen LogP contribution is -2.11. The van der Waals surface area contributed by atoms with Crippen LogP contribution in [0.3, 0.4) is 0 Å². The normalized spacial score (nSPS) is 10.8. The van der Waals surface area contributed by atoms with Crippen molar-refractivity contribution in [2.24, 2.45) is 0 Å². The lowest BCUT2D eigenvalue weighted by Gasteiger charge is -2.27. The van der Waals surface area contributed by atoms with Crippen LogP contribution in [-0.2, 0) is 0 Å². The number of benzene rings is 5. The van der Waals surface area contributed by atoms with Crippen LogP contribution in [0.5, 0.6) is 23.0 Å². The lowest BCUT2D eigenvalue weighted by molar-refractivity contribution is 0.0697. The maximum absolute atomic E-state index is 11.5. The smallest absolute Gasteiger partial charge is 0.335 e. The Labute approximate surface area is 220 Å². The van der Waals surface area contributed by atoms with Gasteiger partial charge >= 0.3 is 5.97 Å². The second kappa shape index (κ2) is 10.2. The number of fused-ring (bicyclic) bond motifs is 2. The second-order valence-corrected chi connectivity index (χ2v) is 8.60. The Balaban J connectivity index is 1.80. The number of aromatic carboxylic acids is 1. The zero-order valence-corrected chi connectivity index (χ0v) is 21.5. The molecule has 0 aliphatic heterocycles. The molecule has 5 aromatic carbocycles. The fourth-order valence-electron chi connectivity index (χ4n) is 4.80. The van der Waals surface area contributed by atoms with Crippen LogP contribution in [0, 0.1) is 0 Å². The molecule has 7 nitrogen and oxygen atoms in total. The summed E-state index contributed by atoms with van der Waals surface area (Å²) in [5.74, 6) is 1.74. The van der Waals surface area contributed by atoms with Gasteiger partial charge in [0, 0.05) is 17.8 Å². The van der Waals surface area contributed by atoms with Gasteiger partial charge in [0.15, 0.2) is 0 Å². The zero-order valence-electron chi connectivity index (χ0n) is 21.5. The van der Waals surface area contributed by atoms with Crippen molar-refractivity contribution < 1.29 is 28.8 Å². The van der Waals surface area contributed by atoms with Crippen LogP contribution in [0.4, 0.5) is 17.1 Å². The Hall–Kier alpha value is -4.91. The van der Waals surface area contributed by atoms with Gasteiger partial charge in [-0.25, -0.2) is 4.79 Å². The van der Waals surface area contributed by atoms with Crippen molar-refractivity contribution >= 4 is 44.6 Å². The van der Waals surface area contributed by atoms with E-state index in [1.165, 1.54) is 0 Å². The number of nitrogens with zero attached hydrogens (tertiary/aromatic N) is 1. The summed E-state index contributed by atoms with van der Waals surface area (Å²) in [6.45, 7) is 0. The summed E-state index contributed by atoms with van der Waals surface area (Å²) >= 11 is 0. The van der Waals surface area contributed by atoms with E-state index in [2.05, 4.69) is 0 Å². The van der Waals surface area contributed by atoms with Gasteiger partial charge in [-0.1, -0.05) is 24.3 Å². The van der Waals surface area contributed by atoms with Gasteiger partial charge in [-0.3, -0.25) is 0 Å². The maximum Gasteiger partial charge on any atom is 0.335 e. The number of hydrogen-bond donors (Lipinski definition) is 1. The quantitative estimate of drug-likeness (QED) is 0.237. The summed E-state index contributed by atoms with van der Waals surface area (Å²) < 4.78 is 22.8. The predicted molar refractivity (Wildman–Crippen MR) is 149 cm³/mol. The Morgan fingerprint density at radius 1 is 0.579 bits per heavy atom. The predicted octanol–water partition coefficient (Wildman–Crippen LogP) is 7.20. The average Bonchev–Trinajstić information content (AvgIpc) is 2.95. The van der Waals surface area contributed by atoms with Gasteiger partial charge in [0.05, 0.1) is 56.1 Å². The van der Waals surface area contributed by atoms with Gasteiger partial charge in [0.1, 0.15) is 23.0 Å². The third-order valence-corrected chi connectivity index (χ3v) is 6.54. The van der Waals surface area contributed by atoms with E-state index in [-0.39, 0.29) is 5.56 Å². The Morgan fingerprint density at radius 3 is 1.42 bits per heavy atom. The van der Waals surface area contributed by atoms with Crippen LogP contribution < -0.4 is 23.8 Å². The molecule has 0 aromatic heterocycles. The summed E-state index contributed by atoms with van der Waals surface area (Å²) in [6.07, 6.45) is 0. The Morgan fingerprint density at radius 2 is 1.03 bits per heavy atom. The first-order valence-corrected chi connectivity index (χ1v) is 11.9. The minimum atomic E-state index is -0.984. The van der Waals surface area contributed by atoms with Crippen molar-refractivity contribution in [3.63, 3.8) is 0 Å². The molecule has 5 aromatic rings. The minimum absolute atomic E-state index is 0.204. The highest BCUT2D eigenvalue weighted by Gasteiger charge is 2.20. The molecule has 0 bridgehead atoms. The van der Waals surface area contributed by atoms with Crippen LogP contribution in [0.2, 0.25) is 0 Å². The van der Waals surface area contributed by atoms with E-state index in [9.17, 15) is 9.90 Å². The van der Waals surface area contributed by atoms with E-state index < -0.39 is 5.97 Å². The van der Waals surface area contributed by atoms with Gasteiger partial charge in [0.25, 0.3) is 0 Å². The summed E-state index contributed by atoms with van der Waals surface area (Å²) in [5, 5.41) is 13.0. The fourth-order valence-corrected chi connectivity index (χ4v) is 4.80. The number of anilines is 3. The highest BCUT2D eigenvalue weighted by molar-refractivity contribution is 6.01. The van der Waals surface area contributed by atoms with Crippen molar-refractivity contribution in [3.8, 4) is 23.0 Å². The van der Waals surface area contributed by atoms with Crippen molar-refractivity contribution in [1.82, 2.24) is 0 Å². The first-order valence-electron chi connectivity index (χ1n) is 11.9. The number of carboxylic acid groups (broad SMARTS) is 1. The number of carbonyl (C=O) groups is 1. The summed E-state index contributed by atoms with van der Waals surface area (Å²) in [4.78, 5) is 13.6. The Kier molecular flexibility index (Phi) is 6.66. The zero-order chi connectivity index (χ0) is 26.8. The molecule has 0 amide bonds. The van der Waals surface area contributed by atoms with Crippen LogP contribution >= 0.6 is 0 Å². The molecule has 7 heteroatoms. The number of ether oxygens (including phenoxy) is 4. The van der Waals surface area contributed by atoms with Gasteiger partial charge in [-0.2, -0.15) is 0 Å². The monoisotopic (exact) mass is 509 g/mol. The highest BCUT2D eigenvalue weighted by atomic mass is 16.5. The number of methoxy groups -OCH3 is 4. The van der Waals surface area contributed by atoms with E-state index in [0.29, 0.717) is 23.0 Å². The number of hydrogen-bond acceptors (Lipinski definition) is 6. The molecule has 0 radical (unpaired) electrons. The van der Waals surface area contributed by atoms with Crippen molar-refractivity contribution in [1.29, 1.82) is 0 Å². The highest BCUT2D eigenvalue weighted by Crippen LogP contribution is 2.45. The Bertz CT molecular complexity index is 1550. The van der Waals surface area contributed by atoms with Crippen LogP contribution in [0.25, 0.3) is 21.5 Å². The first-order chi connectivity index (χ1) is 18.5. The fraction of sp³-hybridized carbons (Fsp3) is 0.129. The summed E-state index contributed by atoms with van der Waals surface area (Å²) in [5.41, 5.74) is 2.60. The van der Waals surface area contributed by atoms with E-state index in [1.54, 1.807) is 52.7 Å². The minimum Gasteiger partial charge on any atom is -0.496 e. The SMILES string of the molecule is COc1cccc2cc(N(c3ccc(C(=O)O)cc3)c3cc(OC)c4c(OC)cccc4c3)cc(OC)c12. The molecule has 5 rings (SSSR count). The molecule has 0 unspecified atom stereocenters. The van der Waals surface area contributed by atoms with Gasteiger partial charge in [-0.15, -0.1) is 0 Å². The molecular weight excluding hydrogens is 482 g/mol. The average molecular weight is 510 g/mol. The summed E-state index contributed by atoms with van der Waals surface area (Å²) in [7, 11) is 6.52. The largest absolute Gasteiger partial charge is 0.496 e. The van der Waals surface area contributed by atoms with Crippen LogP contribution in [-0.4, -0.2) is 39.5 Å². The van der Waals surface area contributed by atoms with E-state index in [0.717, 1.165) is 38.6 Å². The molecule has 0 spiro atoms. The maximum atomic E-state index is 11.5. The van der Waals surface area contributed by atoms with Crippen LogP contribution in [0.15, 0.2) is 84.9 Å². The standard InChI is InChI=1S/C31H27NO6/c1-35-25-9-5-7-20-15-23(17-27(37-3)29(20)25)32(22-13-11-19(12-14-22)31(33)34)24-16-21-8-6-10-26(36-2)30(21)28(18-24)38-4/h5-18H,1-4H3,(H,33,34). The molecule has 0 saturated carbocycles. The molecule has 0 saturated heterocycles. The van der Waals surface area contributed by atoms with Gasteiger partial charge < -0.3 is 29.0 Å². The van der Waals surface area contributed by atoms with Gasteiger partial charge in [0.2, 0.25) is 0 Å². The van der Waals surface area contributed by atoms with Crippen molar-refractivity contribution in [2.45, 2.75) is 0 Å². The van der Waals surface area contributed by atoms with Crippen molar-refractivity contribution in [3.05, 3.63) is 90.5 Å². The van der Waals surface area contributed by atoms with E-state index >= 15 is 0 Å². The molecule has 0 fully saturated rings. The molecule has 0 heterocycles. The van der Waals surface area contributed by atoms with Crippen LogP contribution in [0.1, 0.15) is 10.4 Å². The molecule has 0 aliphatic carbocycles. The van der Waals surface area contributed by atoms with E-state index in [1.807, 2.05) is 65.6 Å². The molecule has 192 valence electrons.